The van der Waals surface area contributed by atoms with E-state index in [4.69, 9.17) is 11.6 Å². The number of para-hydroxylation sites is 1. The van der Waals surface area contributed by atoms with Crippen LogP contribution >= 0.6 is 22.9 Å². The predicted molar refractivity (Wildman–Crippen MR) is 137 cm³/mol. The fourth-order valence-corrected chi connectivity index (χ4v) is 6.09. The minimum Gasteiger partial charge on any atom is -0.323 e. The number of hydrogen-bond donors (Lipinski definition) is 1. The van der Waals surface area contributed by atoms with E-state index in [0.29, 0.717) is 27.3 Å². The number of nitrogens with zero attached hydrogens (tertiary/aromatic N) is 2. The molecule has 8 heteroatoms. The summed E-state index contributed by atoms with van der Waals surface area (Å²) in [5.41, 5.74) is 1.87. The molecule has 1 aliphatic rings. The number of aromatic nitrogens is 2. The molecule has 0 bridgehead atoms. The molecule has 5 rings (SSSR count). The van der Waals surface area contributed by atoms with E-state index < -0.39 is 5.69 Å². The first-order valence-electron chi connectivity index (χ1n) is 11.4. The van der Waals surface area contributed by atoms with Gasteiger partial charge in [0, 0.05) is 11.4 Å². The first-order valence-corrected chi connectivity index (χ1v) is 12.6. The average Bonchev–Trinajstić information content (AvgIpc) is 3.23. The summed E-state index contributed by atoms with van der Waals surface area (Å²) in [4.78, 5) is 41.7. The molecule has 6 nitrogen and oxygen atoms in total. The zero-order chi connectivity index (χ0) is 23.7. The molecule has 4 aromatic rings. The molecule has 0 radical (unpaired) electrons. The van der Waals surface area contributed by atoms with Crippen molar-refractivity contribution in [1.29, 1.82) is 0 Å². The maximum Gasteiger partial charge on any atom is 0.332 e. The molecule has 2 heterocycles. The quantitative estimate of drug-likeness (QED) is 0.425. The van der Waals surface area contributed by atoms with Gasteiger partial charge in [0.1, 0.15) is 11.4 Å². The molecule has 0 spiro atoms. The zero-order valence-corrected chi connectivity index (χ0v) is 20.1. The van der Waals surface area contributed by atoms with Gasteiger partial charge < -0.3 is 5.32 Å². The fourth-order valence-electron chi connectivity index (χ4n) is 4.53. The molecule has 0 fully saturated rings. The third kappa shape index (κ3) is 4.33. The van der Waals surface area contributed by atoms with Crippen molar-refractivity contribution in [2.75, 3.05) is 5.32 Å². The van der Waals surface area contributed by atoms with Gasteiger partial charge in [0.05, 0.1) is 16.1 Å². The number of anilines is 1. The molecule has 0 saturated heterocycles. The monoisotopic (exact) mass is 493 g/mol. The minimum absolute atomic E-state index is 0.189. The number of amides is 1. The second-order valence-corrected chi connectivity index (χ2v) is 9.97. The van der Waals surface area contributed by atoms with Gasteiger partial charge >= 0.3 is 5.69 Å². The van der Waals surface area contributed by atoms with Gasteiger partial charge in [-0.3, -0.25) is 18.7 Å². The number of halogens is 1. The maximum atomic E-state index is 13.5. The molecule has 2 aromatic heterocycles. The van der Waals surface area contributed by atoms with E-state index in [2.05, 4.69) is 5.32 Å². The number of nitrogens with one attached hydrogen (secondary N) is 1. The Balaban J connectivity index is 1.57. The highest BCUT2D eigenvalue weighted by atomic mass is 35.5. The summed E-state index contributed by atoms with van der Waals surface area (Å²) in [5, 5.41) is 3.81. The van der Waals surface area contributed by atoms with Crippen molar-refractivity contribution in [2.45, 2.75) is 45.2 Å². The summed E-state index contributed by atoms with van der Waals surface area (Å²) >= 11 is 7.66. The Bertz CT molecular complexity index is 1490. The Kier molecular flexibility index (Phi) is 6.39. The van der Waals surface area contributed by atoms with Crippen molar-refractivity contribution in [2.24, 2.45) is 0 Å². The van der Waals surface area contributed by atoms with Crippen molar-refractivity contribution in [3.8, 4) is 0 Å². The first kappa shape index (κ1) is 22.6. The summed E-state index contributed by atoms with van der Waals surface area (Å²) in [5.74, 6) is -0.365. The largest absolute Gasteiger partial charge is 0.332 e. The highest BCUT2D eigenvalue weighted by Crippen LogP contribution is 2.34. The van der Waals surface area contributed by atoms with Crippen LogP contribution in [-0.4, -0.2) is 15.0 Å². The third-order valence-electron chi connectivity index (χ3n) is 6.24. The van der Waals surface area contributed by atoms with E-state index >= 15 is 0 Å². The van der Waals surface area contributed by atoms with Gasteiger partial charge in [-0.15, -0.1) is 11.3 Å². The molecule has 1 aliphatic carbocycles. The van der Waals surface area contributed by atoms with E-state index in [0.717, 1.165) is 41.7 Å². The van der Waals surface area contributed by atoms with Crippen LogP contribution in [0.4, 0.5) is 5.69 Å². The molecular weight excluding hydrogens is 470 g/mol. The van der Waals surface area contributed by atoms with E-state index in [1.807, 2.05) is 30.3 Å². The van der Waals surface area contributed by atoms with Crippen LogP contribution in [0, 0.1) is 0 Å². The van der Waals surface area contributed by atoms with Crippen LogP contribution < -0.4 is 16.6 Å². The number of benzene rings is 2. The van der Waals surface area contributed by atoms with Crippen LogP contribution in [0.3, 0.4) is 0 Å². The number of thiophene rings is 1. The number of aryl methyl sites for hydroxylation is 3. The lowest BCUT2D eigenvalue weighted by molar-refractivity contribution is -0.116. The molecule has 0 saturated carbocycles. The van der Waals surface area contributed by atoms with Gasteiger partial charge in [-0.25, -0.2) is 4.79 Å². The summed E-state index contributed by atoms with van der Waals surface area (Å²) < 4.78 is 2.75. The third-order valence-corrected chi connectivity index (χ3v) is 7.88. The maximum absolute atomic E-state index is 13.5. The van der Waals surface area contributed by atoms with Gasteiger partial charge in [-0.1, -0.05) is 54.1 Å². The lowest BCUT2D eigenvalue weighted by Gasteiger charge is -2.14. The second kappa shape index (κ2) is 9.60. The minimum atomic E-state index is -0.457. The van der Waals surface area contributed by atoms with Crippen molar-refractivity contribution in [3.63, 3.8) is 0 Å². The van der Waals surface area contributed by atoms with E-state index in [9.17, 15) is 14.4 Å². The summed E-state index contributed by atoms with van der Waals surface area (Å²) in [6, 6.07) is 16.7. The second-order valence-electron chi connectivity index (χ2n) is 8.48. The Labute approximate surface area is 205 Å². The Morgan fingerprint density at radius 2 is 1.71 bits per heavy atom. The van der Waals surface area contributed by atoms with Crippen LogP contribution in [0.15, 0.2) is 64.2 Å². The van der Waals surface area contributed by atoms with Crippen molar-refractivity contribution >= 4 is 44.7 Å². The van der Waals surface area contributed by atoms with Crippen LogP contribution in [-0.2, 0) is 37.1 Å². The highest BCUT2D eigenvalue weighted by molar-refractivity contribution is 7.18. The number of carbonyl (C=O) groups excluding carboxylic acids is 1. The molecule has 0 atom stereocenters. The smallest absolute Gasteiger partial charge is 0.323 e. The van der Waals surface area contributed by atoms with E-state index in [1.165, 1.54) is 20.5 Å². The summed E-state index contributed by atoms with van der Waals surface area (Å²) in [7, 11) is 0. The van der Waals surface area contributed by atoms with Crippen molar-refractivity contribution < 1.29 is 4.79 Å². The molecular formula is C26H24ClN3O3S. The predicted octanol–water partition coefficient (Wildman–Crippen LogP) is 4.64. The normalized spacial score (nSPS) is 13.1. The number of fused-ring (bicyclic) bond motifs is 3. The van der Waals surface area contributed by atoms with Crippen LogP contribution in [0.2, 0.25) is 5.02 Å². The number of hydrogen-bond acceptors (Lipinski definition) is 4. The topological polar surface area (TPSA) is 73.1 Å². The first-order chi connectivity index (χ1) is 16.5. The zero-order valence-electron chi connectivity index (χ0n) is 18.6. The van der Waals surface area contributed by atoms with Gasteiger partial charge in [0.2, 0.25) is 5.91 Å². The Morgan fingerprint density at radius 3 is 2.50 bits per heavy atom. The van der Waals surface area contributed by atoms with Gasteiger partial charge in [0.25, 0.3) is 5.56 Å². The van der Waals surface area contributed by atoms with Crippen LogP contribution in [0.25, 0.3) is 10.2 Å². The number of rotatable bonds is 6. The van der Waals surface area contributed by atoms with Crippen LogP contribution in [0.1, 0.15) is 28.8 Å². The van der Waals surface area contributed by atoms with Crippen LogP contribution in [0.5, 0.6) is 0 Å². The van der Waals surface area contributed by atoms with Gasteiger partial charge in [-0.2, -0.15) is 0 Å². The standard InChI is InChI=1S/C26H24ClN3O3S/c27-19-11-5-6-12-20(19)28-22(31)16-30-25-23(18-10-4-7-13-21(18)34-25)24(32)29(26(30)33)15-14-17-8-2-1-3-9-17/h1-3,5-6,8-9,11-12H,4,7,10,13-16H2,(H,28,31). The molecule has 0 aliphatic heterocycles. The van der Waals surface area contributed by atoms with Crippen molar-refractivity contribution in [3.05, 3.63) is 96.5 Å². The molecule has 174 valence electrons. The van der Waals surface area contributed by atoms with Gasteiger partial charge in [-0.05, 0) is 55.4 Å². The van der Waals surface area contributed by atoms with Crippen molar-refractivity contribution in [1.82, 2.24) is 9.13 Å². The molecule has 34 heavy (non-hydrogen) atoms. The lowest BCUT2D eigenvalue weighted by atomic mass is 9.97. The van der Waals surface area contributed by atoms with E-state index in [-0.39, 0.29) is 24.6 Å². The number of carbonyl (C=O) groups is 1. The molecule has 2 aromatic carbocycles. The highest BCUT2D eigenvalue weighted by Gasteiger charge is 2.24. The molecule has 1 amide bonds. The SMILES string of the molecule is O=C(Cn1c(=O)n(CCc2ccccc2)c(=O)c2c3c(sc21)CCCC3)Nc1ccccc1Cl. The summed E-state index contributed by atoms with van der Waals surface area (Å²) in [6.45, 7) is 0.0694. The Morgan fingerprint density at radius 1 is 0.971 bits per heavy atom. The molecule has 1 N–H and O–H groups in total. The Hall–Kier alpha value is -3.16. The van der Waals surface area contributed by atoms with Gasteiger partial charge in [0.15, 0.2) is 0 Å². The van der Waals surface area contributed by atoms with E-state index in [1.54, 1.807) is 24.3 Å². The molecule has 0 unspecified atom stereocenters. The average molecular weight is 494 g/mol. The summed E-state index contributed by atoms with van der Waals surface area (Å²) in [6.07, 6.45) is 4.37. The lowest BCUT2D eigenvalue weighted by Crippen LogP contribution is -2.42. The fraction of sp³-hybridized carbons (Fsp3) is 0.269.